The van der Waals surface area contributed by atoms with Gasteiger partial charge in [0.25, 0.3) is 0 Å². The molecule has 2 N–H and O–H groups in total. The second-order valence-corrected chi connectivity index (χ2v) is 9.06. The Morgan fingerprint density at radius 3 is 1.79 bits per heavy atom. The number of hydrogen-bond donors (Lipinski definition) is 2. The van der Waals surface area contributed by atoms with E-state index in [1.807, 2.05) is 0 Å². The Morgan fingerprint density at radius 2 is 1.33 bits per heavy atom. The molecule has 2 unspecified atom stereocenters. The average Bonchev–Trinajstić information content (AvgIpc) is 3.07. The van der Waals surface area contributed by atoms with Gasteiger partial charge in [-0.25, -0.2) is 4.79 Å². The van der Waals surface area contributed by atoms with Crippen LogP contribution in [0.15, 0.2) is 11.5 Å². The number of cyclic esters (lactones) is 1. The first-order valence-electron chi connectivity index (χ1n) is 13.1. The molecular formula is C26H46O7. The van der Waals surface area contributed by atoms with Crippen molar-refractivity contribution in [1.82, 2.24) is 0 Å². The van der Waals surface area contributed by atoms with E-state index >= 15 is 0 Å². The maximum absolute atomic E-state index is 11.9. The lowest BCUT2D eigenvalue weighted by atomic mass is 10.0. The Balaban J connectivity index is 1.97. The van der Waals surface area contributed by atoms with Crippen molar-refractivity contribution in [3.63, 3.8) is 0 Å². The van der Waals surface area contributed by atoms with Gasteiger partial charge in [-0.15, -0.1) is 0 Å². The average molecular weight is 471 g/mol. The van der Waals surface area contributed by atoms with Crippen LogP contribution < -0.4 is 0 Å². The van der Waals surface area contributed by atoms with Gasteiger partial charge in [0, 0.05) is 6.92 Å². The summed E-state index contributed by atoms with van der Waals surface area (Å²) in [7, 11) is 0. The Kier molecular flexibility index (Phi) is 16.5. The molecule has 33 heavy (non-hydrogen) atoms. The first kappa shape index (κ1) is 29.3. The molecular weight excluding hydrogens is 424 g/mol. The van der Waals surface area contributed by atoms with E-state index in [9.17, 15) is 19.8 Å². The third-order valence-electron chi connectivity index (χ3n) is 5.97. The van der Waals surface area contributed by atoms with Crippen molar-refractivity contribution in [2.24, 2.45) is 0 Å². The second kappa shape index (κ2) is 18.6. The molecule has 0 fully saturated rings. The molecule has 2 atom stereocenters. The fraction of sp³-hybridized carbons (Fsp3) is 0.846. The van der Waals surface area contributed by atoms with Crippen molar-refractivity contribution >= 4 is 11.9 Å². The van der Waals surface area contributed by atoms with Crippen LogP contribution in [0.4, 0.5) is 0 Å². The van der Waals surface area contributed by atoms with Gasteiger partial charge in [-0.1, -0.05) is 103 Å². The number of aliphatic hydroxyl groups excluding tert-OH is 2. The van der Waals surface area contributed by atoms with Gasteiger partial charge in [0.2, 0.25) is 5.76 Å². The molecule has 0 bridgehead atoms. The Hall–Kier alpha value is -1.76. The normalized spacial score (nSPS) is 16.7. The van der Waals surface area contributed by atoms with Gasteiger partial charge in [-0.05, 0) is 6.42 Å². The molecule has 192 valence electrons. The highest BCUT2D eigenvalue weighted by Crippen LogP contribution is 2.25. The SMILES string of the molecule is CCCCCCCCCCCCCCCCCCOC1=C(O)C(C(O)COC(C)=O)OC1=O. The molecule has 0 saturated heterocycles. The van der Waals surface area contributed by atoms with Crippen molar-refractivity contribution in [2.45, 2.75) is 129 Å². The van der Waals surface area contributed by atoms with E-state index in [0.717, 1.165) is 19.3 Å². The third-order valence-corrected chi connectivity index (χ3v) is 5.97. The van der Waals surface area contributed by atoms with Crippen LogP contribution in [0.2, 0.25) is 0 Å². The predicted octanol–water partition coefficient (Wildman–Crippen LogP) is 5.88. The number of unbranched alkanes of at least 4 members (excludes halogenated alkanes) is 15. The topological polar surface area (TPSA) is 102 Å². The number of esters is 2. The Labute approximate surface area is 199 Å². The van der Waals surface area contributed by atoms with Crippen LogP contribution in [-0.2, 0) is 23.8 Å². The zero-order chi connectivity index (χ0) is 24.3. The standard InChI is InChI=1S/C26H46O7/c1-3-4-5-6-7-8-9-10-11-12-13-14-15-16-17-18-19-31-25-23(29)24(33-26(25)30)22(28)20-32-21(2)27/h22,24,28-29H,3-20H2,1-2H3. The van der Waals surface area contributed by atoms with Gasteiger partial charge in [-0.2, -0.15) is 0 Å². The molecule has 1 heterocycles. The summed E-state index contributed by atoms with van der Waals surface area (Å²) in [6.45, 7) is 3.40. The van der Waals surface area contributed by atoms with Crippen molar-refractivity contribution < 1.29 is 34.0 Å². The lowest BCUT2D eigenvalue weighted by Crippen LogP contribution is -2.33. The maximum atomic E-state index is 11.9. The van der Waals surface area contributed by atoms with E-state index < -0.39 is 29.9 Å². The van der Waals surface area contributed by atoms with Crippen LogP contribution in [0.5, 0.6) is 0 Å². The van der Waals surface area contributed by atoms with Gasteiger partial charge in [0.15, 0.2) is 11.9 Å². The maximum Gasteiger partial charge on any atom is 0.378 e. The van der Waals surface area contributed by atoms with Gasteiger partial charge in [0.05, 0.1) is 6.61 Å². The summed E-state index contributed by atoms with van der Waals surface area (Å²) in [4.78, 5) is 22.7. The van der Waals surface area contributed by atoms with Gasteiger partial charge in [0.1, 0.15) is 12.7 Å². The summed E-state index contributed by atoms with van der Waals surface area (Å²) in [5.41, 5.74) is 0. The Morgan fingerprint density at radius 1 is 0.879 bits per heavy atom. The van der Waals surface area contributed by atoms with Gasteiger partial charge < -0.3 is 24.4 Å². The molecule has 1 aliphatic heterocycles. The molecule has 7 heteroatoms. The first-order chi connectivity index (χ1) is 16.0. The fourth-order valence-electron chi connectivity index (χ4n) is 3.97. The number of aliphatic hydroxyl groups is 2. The fourth-order valence-corrected chi connectivity index (χ4v) is 3.97. The second-order valence-electron chi connectivity index (χ2n) is 9.06. The minimum absolute atomic E-state index is 0.261. The number of ether oxygens (including phenoxy) is 3. The van der Waals surface area contributed by atoms with Crippen molar-refractivity contribution in [1.29, 1.82) is 0 Å². The summed E-state index contributed by atoms with van der Waals surface area (Å²) in [5, 5.41) is 20.0. The van der Waals surface area contributed by atoms with Gasteiger partial charge >= 0.3 is 11.9 Å². The monoisotopic (exact) mass is 470 g/mol. The predicted molar refractivity (Wildman–Crippen MR) is 128 cm³/mol. The van der Waals surface area contributed by atoms with Crippen molar-refractivity contribution in [3.05, 3.63) is 11.5 Å². The van der Waals surface area contributed by atoms with E-state index in [0.29, 0.717) is 6.61 Å². The molecule has 0 amide bonds. The molecule has 0 aliphatic carbocycles. The first-order valence-corrected chi connectivity index (χ1v) is 13.1. The van der Waals surface area contributed by atoms with E-state index in [1.54, 1.807) is 0 Å². The largest absolute Gasteiger partial charge is 0.505 e. The lowest BCUT2D eigenvalue weighted by Gasteiger charge is -2.16. The van der Waals surface area contributed by atoms with Crippen LogP contribution in [-0.4, -0.2) is 47.6 Å². The number of carbonyl (C=O) groups excluding carboxylic acids is 2. The Bertz CT molecular complexity index is 573. The van der Waals surface area contributed by atoms with Crippen LogP contribution >= 0.6 is 0 Å². The highest BCUT2D eigenvalue weighted by atomic mass is 16.6. The third kappa shape index (κ3) is 13.5. The zero-order valence-corrected chi connectivity index (χ0v) is 20.8. The quantitative estimate of drug-likeness (QED) is 0.159. The molecule has 1 aliphatic rings. The van der Waals surface area contributed by atoms with Gasteiger partial charge in [-0.3, -0.25) is 4.79 Å². The van der Waals surface area contributed by atoms with E-state index in [-0.39, 0.29) is 12.4 Å². The van der Waals surface area contributed by atoms with E-state index in [2.05, 4.69) is 11.7 Å². The zero-order valence-electron chi connectivity index (χ0n) is 20.8. The molecule has 0 aromatic heterocycles. The van der Waals surface area contributed by atoms with Crippen LogP contribution in [0.3, 0.4) is 0 Å². The van der Waals surface area contributed by atoms with Crippen molar-refractivity contribution in [2.75, 3.05) is 13.2 Å². The number of carbonyl (C=O) groups is 2. The molecule has 7 nitrogen and oxygen atoms in total. The molecule has 0 aromatic carbocycles. The molecule has 1 rings (SSSR count). The van der Waals surface area contributed by atoms with Crippen molar-refractivity contribution in [3.8, 4) is 0 Å². The molecule has 0 radical (unpaired) electrons. The smallest absolute Gasteiger partial charge is 0.378 e. The molecule has 0 aromatic rings. The molecule has 0 saturated carbocycles. The number of hydrogen-bond acceptors (Lipinski definition) is 7. The lowest BCUT2D eigenvalue weighted by molar-refractivity contribution is -0.153. The van der Waals surface area contributed by atoms with Crippen LogP contribution in [0.1, 0.15) is 117 Å². The summed E-state index contributed by atoms with van der Waals surface area (Å²) < 4.78 is 15.0. The number of rotatable bonds is 21. The highest BCUT2D eigenvalue weighted by molar-refractivity contribution is 5.89. The minimum Gasteiger partial charge on any atom is -0.505 e. The van der Waals surface area contributed by atoms with E-state index in [1.165, 1.54) is 90.4 Å². The molecule has 0 spiro atoms. The summed E-state index contributed by atoms with van der Waals surface area (Å²) in [5.74, 6) is -2.09. The van der Waals surface area contributed by atoms with Crippen LogP contribution in [0, 0.1) is 0 Å². The highest BCUT2D eigenvalue weighted by Gasteiger charge is 2.40. The summed E-state index contributed by atoms with van der Waals surface area (Å²) in [6, 6.07) is 0. The summed E-state index contributed by atoms with van der Waals surface area (Å²) in [6.07, 6.45) is 17.8. The van der Waals surface area contributed by atoms with E-state index in [4.69, 9.17) is 9.47 Å². The minimum atomic E-state index is -1.34. The summed E-state index contributed by atoms with van der Waals surface area (Å²) >= 11 is 0. The van der Waals surface area contributed by atoms with Crippen LogP contribution in [0.25, 0.3) is 0 Å².